The third kappa shape index (κ3) is 2.73. The predicted octanol–water partition coefficient (Wildman–Crippen LogP) is 2.95. The minimum absolute atomic E-state index is 0.159. The zero-order chi connectivity index (χ0) is 13.1. The second kappa shape index (κ2) is 5.81. The van der Waals surface area contributed by atoms with E-state index >= 15 is 0 Å². The summed E-state index contributed by atoms with van der Waals surface area (Å²) in [5.41, 5.74) is 6.96. The minimum Gasteiger partial charge on any atom is -0.329 e. The predicted molar refractivity (Wildman–Crippen MR) is 72.8 cm³/mol. The van der Waals surface area contributed by atoms with Crippen molar-refractivity contribution in [3.05, 3.63) is 35.6 Å². The van der Waals surface area contributed by atoms with Gasteiger partial charge in [0.15, 0.2) is 0 Å². The molecule has 3 heteroatoms. The summed E-state index contributed by atoms with van der Waals surface area (Å²) < 4.78 is 13.3. The molecule has 0 bridgehead atoms. The van der Waals surface area contributed by atoms with Crippen LogP contribution in [0, 0.1) is 11.7 Å². The lowest BCUT2D eigenvalue weighted by Crippen LogP contribution is -2.49. The molecule has 1 saturated heterocycles. The van der Waals surface area contributed by atoms with Crippen molar-refractivity contribution in [3.8, 4) is 0 Å². The molecule has 100 valence electrons. The highest BCUT2D eigenvalue weighted by Crippen LogP contribution is 2.31. The average Bonchev–Trinajstić information content (AvgIpc) is 2.37. The van der Waals surface area contributed by atoms with Crippen molar-refractivity contribution in [1.82, 2.24) is 4.90 Å². The van der Waals surface area contributed by atoms with Gasteiger partial charge in [0.2, 0.25) is 0 Å². The molecule has 1 heterocycles. The van der Waals surface area contributed by atoms with E-state index in [0.29, 0.717) is 18.5 Å². The largest absolute Gasteiger partial charge is 0.329 e. The van der Waals surface area contributed by atoms with Crippen molar-refractivity contribution < 1.29 is 4.39 Å². The molecular formula is C15H23FN2. The molecule has 2 N–H and O–H groups in total. The molecule has 0 saturated carbocycles. The Morgan fingerprint density at radius 3 is 2.94 bits per heavy atom. The van der Waals surface area contributed by atoms with Crippen LogP contribution < -0.4 is 5.73 Å². The van der Waals surface area contributed by atoms with Crippen molar-refractivity contribution in [1.29, 1.82) is 0 Å². The molecule has 0 spiro atoms. The third-order valence-corrected chi connectivity index (χ3v) is 4.23. The van der Waals surface area contributed by atoms with Gasteiger partial charge in [0, 0.05) is 18.6 Å². The van der Waals surface area contributed by atoms with Gasteiger partial charge in [-0.2, -0.15) is 0 Å². The van der Waals surface area contributed by atoms with Gasteiger partial charge in [-0.15, -0.1) is 0 Å². The minimum atomic E-state index is -0.159. The maximum absolute atomic E-state index is 13.3. The van der Waals surface area contributed by atoms with Crippen molar-refractivity contribution in [2.45, 2.75) is 38.8 Å². The zero-order valence-electron chi connectivity index (χ0n) is 11.3. The second-order valence-electron chi connectivity index (χ2n) is 5.39. The number of hydrogen-bond donors (Lipinski definition) is 1. The van der Waals surface area contributed by atoms with Crippen molar-refractivity contribution in [2.75, 3.05) is 13.1 Å². The van der Waals surface area contributed by atoms with Crippen molar-refractivity contribution in [2.24, 2.45) is 11.7 Å². The standard InChI is InChI=1S/C15H23FN2/c1-11-5-4-8-18(15(11)10-17)12(2)13-6-3-7-14(16)9-13/h3,6-7,9,11-12,15H,4-5,8,10,17H2,1-2H3. The molecule has 3 atom stereocenters. The molecule has 3 unspecified atom stereocenters. The summed E-state index contributed by atoms with van der Waals surface area (Å²) in [5.74, 6) is 0.466. The Hall–Kier alpha value is -0.930. The Labute approximate surface area is 109 Å². The van der Waals surface area contributed by atoms with Crippen LogP contribution in [0.15, 0.2) is 24.3 Å². The van der Waals surface area contributed by atoms with Gasteiger partial charge in [-0.05, 0) is 49.9 Å². The first-order chi connectivity index (χ1) is 8.63. The Kier molecular flexibility index (Phi) is 4.36. The van der Waals surface area contributed by atoms with E-state index < -0.39 is 0 Å². The lowest BCUT2D eigenvalue weighted by Gasteiger charge is -2.43. The molecule has 2 nitrogen and oxygen atoms in total. The molecule has 1 fully saturated rings. The average molecular weight is 250 g/mol. The first kappa shape index (κ1) is 13.5. The Morgan fingerprint density at radius 1 is 1.50 bits per heavy atom. The number of piperidine rings is 1. The maximum Gasteiger partial charge on any atom is 0.123 e. The lowest BCUT2D eigenvalue weighted by molar-refractivity contribution is 0.0688. The summed E-state index contributed by atoms with van der Waals surface area (Å²) in [5, 5.41) is 0. The highest BCUT2D eigenvalue weighted by atomic mass is 19.1. The second-order valence-corrected chi connectivity index (χ2v) is 5.39. The van der Waals surface area contributed by atoms with Crippen LogP contribution in [0.25, 0.3) is 0 Å². The molecule has 18 heavy (non-hydrogen) atoms. The highest BCUT2D eigenvalue weighted by molar-refractivity contribution is 5.20. The molecule has 1 aromatic carbocycles. The smallest absolute Gasteiger partial charge is 0.123 e. The molecule has 1 aliphatic rings. The van der Waals surface area contributed by atoms with E-state index in [1.54, 1.807) is 12.1 Å². The Bertz CT molecular complexity index is 394. The fourth-order valence-corrected chi connectivity index (χ4v) is 3.09. The molecular weight excluding hydrogens is 227 g/mol. The SMILES string of the molecule is CC1CCCN(C(C)c2cccc(F)c2)C1CN. The van der Waals surface area contributed by atoms with E-state index in [2.05, 4.69) is 18.7 Å². The van der Waals surface area contributed by atoms with Gasteiger partial charge in [-0.25, -0.2) is 4.39 Å². The molecule has 0 radical (unpaired) electrons. The normalized spacial score (nSPS) is 27.1. The van der Waals surface area contributed by atoms with Crippen LogP contribution in [0.2, 0.25) is 0 Å². The first-order valence-corrected chi connectivity index (χ1v) is 6.84. The number of likely N-dealkylation sites (tertiary alicyclic amines) is 1. The fraction of sp³-hybridized carbons (Fsp3) is 0.600. The Morgan fingerprint density at radius 2 is 2.28 bits per heavy atom. The van der Waals surface area contributed by atoms with E-state index in [-0.39, 0.29) is 11.9 Å². The summed E-state index contributed by atoms with van der Waals surface area (Å²) in [6.45, 7) is 6.15. The van der Waals surface area contributed by atoms with Gasteiger partial charge in [0.25, 0.3) is 0 Å². The van der Waals surface area contributed by atoms with E-state index in [1.165, 1.54) is 18.9 Å². The number of halogens is 1. The van der Waals surface area contributed by atoms with Gasteiger partial charge in [-0.1, -0.05) is 19.1 Å². The van der Waals surface area contributed by atoms with Crippen LogP contribution in [-0.4, -0.2) is 24.0 Å². The topological polar surface area (TPSA) is 29.3 Å². The van der Waals surface area contributed by atoms with Gasteiger partial charge in [0.1, 0.15) is 5.82 Å². The van der Waals surface area contributed by atoms with Gasteiger partial charge >= 0.3 is 0 Å². The van der Waals surface area contributed by atoms with Gasteiger partial charge in [0.05, 0.1) is 0 Å². The van der Waals surface area contributed by atoms with Crippen LogP contribution in [0.5, 0.6) is 0 Å². The number of benzene rings is 1. The van der Waals surface area contributed by atoms with E-state index in [4.69, 9.17) is 5.73 Å². The molecule has 0 amide bonds. The monoisotopic (exact) mass is 250 g/mol. The molecule has 1 aromatic rings. The zero-order valence-corrected chi connectivity index (χ0v) is 11.3. The molecule has 0 aromatic heterocycles. The number of nitrogens with two attached hydrogens (primary N) is 1. The van der Waals surface area contributed by atoms with Crippen LogP contribution in [-0.2, 0) is 0 Å². The van der Waals surface area contributed by atoms with E-state index in [0.717, 1.165) is 12.1 Å². The molecule has 1 aliphatic heterocycles. The number of nitrogens with zero attached hydrogens (tertiary/aromatic N) is 1. The van der Waals surface area contributed by atoms with Gasteiger partial charge < -0.3 is 5.73 Å². The number of hydrogen-bond acceptors (Lipinski definition) is 2. The summed E-state index contributed by atoms with van der Waals surface area (Å²) >= 11 is 0. The summed E-state index contributed by atoms with van der Waals surface area (Å²) in [6, 6.07) is 7.56. The fourth-order valence-electron chi connectivity index (χ4n) is 3.09. The van der Waals surface area contributed by atoms with Crippen LogP contribution in [0.4, 0.5) is 4.39 Å². The maximum atomic E-state index is 13.3. The highest BCUT2D eigenvalue weighted by Gasteiger charge is 2.31. The number of rotatable bonds is 3. The summed E-state index contributed by atoms with van der Waals surface area (Å²) in [6.07, 6.45) is 2.45. The van der Waals surface area contributed by atoms with E-state index in [9.17, 15) is 4.39 Å². The summed E-state index contributed by atoms with van der Waals surface area (Å²) in [7, 11) is 0. The first-order valence-electron chi connectivity index (χ1n) is 6.84. The quantitative estimate of drug-likeness (QED) is 0.893. The lowest BCUT2D eigenvalue weighted by atomic mass is 9.88. The Balaban J connectivity index is 2.18. The van der Waals surface area contributed by atoms with E-state index in [1.807, 2.05) is 6.07 Å². The molecule has 2 rings (SSSR count). The summed E-state index contributed by atoms with van der Waals surface area (Å²) in [4.78, 5) is 2.43. The third-order valence-electron chi connectivity index (χ3n) is 4.23. The molecule has 0 aliphatic carbocycles. The van der Waals surface area contributed by atoms with Crippen molar-refractivity contribution >= 4 is 0 Å². The van der Waals surface area contributed by atoms with Crippen LogP contribution >= 0.6 is 0 Å². The van der Waals surface area contributed by atoms with Gasteiger partial charge in [-0.3, -0.25) is 4.90 Å². The van der Waals surface area contributed by atoms with Crippen molar-refractivity contribution in [3.63, 3.8) is 0 Å². The van der Waals surface area contributed by atoms with Crippen LogP contribution in [0.1, 0.15) is 38.3 Å². The van der Waals surface area contributed by atoms with Crippen LogP contribution in [0.3, 0.4) is 0 Å².